The molecule has 0 radical (unpaired) electrons. The van der Waals surface area contributed by atoms with Gasteiger partial charge in [0.1, 0.15) is 5.92 Å². The number of hydroxylamine groups is 1. The zero-order valence-electron chi connectivity index (χ0n) is 18.4. The average molecular weight is 465 g/mol. The van der Waals surface area contributed by atoms with Crippen molar-refractivity contribution in [1.29, 1.82) is 0 Å². The van der Waals surface area contributed by atoms with Crippen LogP contribution in [0.3, 0.4) is 0 Å². The molecule has 2 fully saturated rings. The molecule has 0 aromatic heterocycles. The van der Waals surface area contributed by atoms with E-state index in [1.54, 1.807) is 5.06 Å². The molecule has 0 bridgehead atoms. The average Bonchev–Trinajstić information content (AvgIpc) is 3.40. The molecule has 0 aliphatic carbocycles. The van der Waals surface area contributed by atoms with Crippen LogP contribution in [0.5, 0.6) is 0 Å². The van der Waals surface area contributed by atoms with Gasteiger partial charge in [-0.3, -0.25) is 24.5 Å². The molecule has 0 N–H and O–H groups in total. The van der Waals surface area contributed by atoms with Crippen molar-refractivity contribution in [3.63, 3.8) is 0 Å². The third kappa shape index (κ3) is 3.26. The van der Waals surface area contributed by atoms with E-state index in [0.29, 0.717) is 0 Å². The first kappa shape index (κ1) is 21.0. The van der Waals surface area contributed by atoms with Crippen LogP contribution in [0.25, 0.3) is 10.8 Å². The number of hydrogen-bond acceptors (Lipinski definition) is 6. The molecule has 2 aliphatic rings. The number of non-ortho nitro benzene ring substituents is 1. The van der Waals surface area contributed by atoms with E-state index in [1.165, 1.54) is 24.3 Å². The van der Waals surface area contributed by atoms with Crippen molar-refractivity contribution in [3.05, 3.63) is 113 Å². The molecule has 2 aliphatic heterocycles. The fraction of sp³-hybridized carbons (Fsp3) is 0.111. The van der Waals surface area contributed by atoms with Crippen molar-refractivity contribution >= 4 is 39.6 Å². The summed E-state index contributed by atoms with van der Waals surface area (Å²) < 4.78 is 0. The monoisotopic (exact) mass is 465 g/mol. The van der Waals surface area contributed by atoms with Crippen molar-refractivity contribution < 1.29 is 19.3 Å². The summed E-state index contributed by atoms with van der Waals surface area (Å²) in [6.07, 6.45) is -1.05. The zero-order valence-corrected chi connectivity index (χ0v) is 18.4. The Labute approximate surface area is 200 Å². The standard InChI is InChI=1S/C27H19N3O5/c31-26-23-24(22-15-6-9-17-8-4-5-14-21(17)22)29(18-10-2-1-3-11-18)35-25(23)27(32)28(26)19-12-7-13-20(16-19)30(33)34/h1-16,23-25H/t23-,24-,25-/m1/s1. The van der Waals surface area contributed by atoms with Gasteiger partial charge >= 0.3 is 0 Å². The first-order valence-corrected chi connectivity index (χ1v) is 11.2. The predicted molar refractivity (Wildman–Crippen MR) is 130 cm³/mol. The molecular weight excluding hydrogens is 446 g/mol. The van der Waals surface area contributed by atoms with E-state index in [0.717, 1.165) is 26.9 Å². The molecular formula is C27H19N3O5. The summed E-state index contributed by atoms with van der Waals surface area (Å²) in [4.78, 5) is 45.2. The van der Waals surface area contributed by atoms with Crippen molar-refractivity contribution in [2.75, 3.05) is 9.96 Å². The van der Waals surface area contributed by atoms with Gasteiger partial charge in [-0.25, -0.2) is 9.96 Å². The number of amides is 2. The van der Waals surface area contributed by atoms with E-state index in [1.807, 2.05) is 72.8 Å². The van der Waals surface area contributed by atoms with Gasteiger partial charge < -0.3 is 0 Å². The molecule has 2 saturated heterocycles. The molecule has 8 heteroatoms. The van der Waals surface area contributed by atoms with Gasteiger partial charge in [0.15, 0.2) is 6.10 Å². The second-order valence-electron chi connectivity index (χ2n) is 8.52. The number of rotatable bonds is 4. The number of carbonyl (C=O) groups is 2. The van der Waals surface area contributed by atoms with Gasteiger partial charge in [0.2, 0.25) is 5.91 Å². The molecule has 0 saturated carbocycles. The summed E-state index contributed by atoms with van der Waals surface area (Å²) >= 11 is 0. The molecule has 0 spiro atoms. The molecule has 6 rings (SSSR count). The molecule has 3 atom stereocenters. The molecule has 2 heterocycles. The number of hydrogen-bond donors (Lipinski definition) is 0. The van der Waals surface area contributed by atoms with Gasteiger partial charge in [0.25, 0.3) is 11.6 Å². The second-order valence-corrected chi connectivity index (χ2v) is 8.52. The minimum absolute atomic E-state index is 0.162. The van der Waals surface area contributed by atoms with Crippen LogP contribution < -0.4 is 9.96 Å². The van der Waals surface area contributed by atoms with Crippen molar-refractivity contribution in [3.8, 4) is 0 Å². The van der Waals surface area contributed by atoms with E-state index in [-0.39, 0.29) is 11.4 Å². The number of benzene rings is 4. The minimum atomic E-state index is -1.05. The Morgan fingerprint density at radius 1 is 0.771 bits per heavy atom. The highest BCUT2D eigenvalue weighted by Crippen LogP contribution is 2.49. The summed E-state index contributed by atoms with van der Waals surface area (Å²) in [6.45, 7) is 0. The highest BCUT2D eigenvalue weighted by atomic mass is 16.7. The number of nitro benzene ring substituents is 1. The van der Waals surface area contributed by atoms with Crippen LogP contribution in [0.2, 0.25) is 0 Å². The molecule has 8 nitrogen and oxygen atoms in total. The van der Waals surface area contributed by atoms with Crippen LogP contribution in [0.1, 0.15) is 11.6 Å². The lowest BCUT2D eigenvalue weighted by Gasteiger charge is -2.29. The summed E-state index contributed by atoms with van der Waals surface area (Å²) in [5.41, 5.74) is 1.55. The Kier molecular flexibility index (Phi) is 4.82. The Balaban J connectivity index is 1.49. The van der Waals surface area contributed by atoms with Crippen LogP contribution in [0.15, 0.2) is 97.1 Å². The highest BCUT2D eigenvalue weighted by molar-refractivity contribution is 6.24. The van der Waals surface area contributed by atoms with E-state index in [9.17, 15) is 19.7 Å². The maximum absolute atomic E-state index is 13.8. The number of fused-ring (bicyclic) bond motifs is 2. The van der Waals surface area contributed by atoms with Gasteiger partial charge in [-0.2, -0.15) is 0 Å². The Morgan fingerprint density at radius 3 is 2.26 bits per heavy atom. The third-order valence-corrected chi connectivity index (χ3v) is 6.57. The lowest BCUT2D eigenvalue weighted by molar-refractivity contribution is -0.384. The van der Waals surface area contributed by atoms with Gasteiger partial charge in [0.05, 0.1) is 22.3 Å². The Bertz CT molecular complexity index is 1480. The Hall–Kier alpha value is -4.56. The summed E-state index contributed by atoms with van der Waals surface area (Å²) in [5.74, 6) is -1.81. The van der Waals surface area contributed by atoms with E-state index >= 15 is 0 Å². The van der Waals surface area contributed by atoms with Crippen LogP contribution in [-0.2, 0) is 14.4 Å². The normalized spacial score (nSPS) is 21.5. The number of nitrogens with zero attached hydrogens (tertiary/aromatic N) is 3. The number of anilines is 2. The van der Waals surface area contributed by atoms with Crippen molar-refractivity contribution in [2.45, 2.75) is 12.1 Å². The number of carbonyl (C=O) groups excluding carboxylic acids is 2. The molecule has 4 aromatic rings. The SMILES string of the molecule is O=C1[C@@H]2[C@@H](c3cccc4ccccc34)N(c3ccccc3)O[C@H]2C(=O)N1c1cccc([N+](=O)[O-])c1. The van der Waals surface area contributed by atoms with Crippen LogP contribution in [0.4, 0.5) is 17.1 Å². The fourth-order valence-electron chi connectivity index (χ4n) is 5.04. The van der Waals surface area contributed by atoms with Gasteiger partial charge in [0, 0.05) is 12.1 Å². The van der Waals surface area contributed by atoms with Crippen LogP contribution in [0, 0.1) is 16.0 Å². The fourth-order valence-corrected chi connectivity index (χ4v) is 5.04. The maximum atomic E-state index is 13.8. The molecule has 4 aromatic carbocycles. The summed E-state index contributed by atoms with van der Waals surface area (Å²) in [7, 11) is 0. The first-order valence-electron chi connectivity index (χ1n) is 11.2. The number of imide groups is 1. The second kappa shape index (κ2) is 8.03. The minimum Gasteiger partial charge on any atom is -0.273 e. The highest BCUT2D eigenvalue weighted by Gasteiger charge is 2.60. The zero-order chi connectivity index (χ0) is 24.1. The summed E-state index contributed by atoms with van der Waals surface area (Å²) in [5, 5.41) is 14.9. The van der Waals surface area contributed by atoms with E-state index < -0.39 is 34.8 Å². The van der Waals surface area contributed by atoms with Crippen molar-refractivity contribution in [1.82, 2.24) is 0 Å². The van der Waals surface area contributed by atoms with Gasteiger partial charge in [-0.15, -0.1) is 0 Å². The third-order valence-electron chi connectivity index (χ3n) is 6.57. The largest absolute Gasteiger partial charge is 0.273 e. The van der Waals surface area contributed by atoms with Crippen LogP contribution >= 0.6 is 0 Å². The lowest BCUT2D eigenvalue weighted by atomic mass is 9.87. The predicted octanol–water partition coefficient (Wildman–Crippen LogP) is 4.80. The number of nitro groups is 1. The van der Waals surface area contributed by atoms with Crippen LogP contribution in [-0.4, -0.2) is 22.8 Å². The van der Waals surface area contributed by atoms with Gasteiger partial charge in [-0.1, -0.05) is 66.7 Å². The van der Waals surface area contributed by atoms with E-state index in [4.69, 9.17) is 4.84 Å². The maximum Gasteiger partial charge on any atom is 0.271 e. The summed E-state index contributed by atoms with van der Waals surface area (Å²) in [6, 6.07) is 28.0. The van der Waals surface area contributed by atoms with E-state index in [2.05, 4.69) is 0 Å². The smallest absolute Gasteiger partial charge is 0.271 e. The Morgan fingerprint density at radius 2 is 1.46 bits per heavy atom. The molecule has 0 unspecified atom stereocenters. The number of para-hydroxylation sites is 1. The van der Waals surface area contributed by atoms with Gasteiger partial charge in [-0.05, 0) is 34.5 Å². The van der Waals surface area contributed by atoms with Crippen molar-refractivity contribution in [2.24, 2.45) is 5.92 Å². The molecule has 172 valence electrons. The molecule has 2 amide bonds. The topological polar surface area (TPSA) is 93.0 Å². The molecule has 35 heavy (non-hydrogen) atoms. The first-order chi connectivity index (χ1) is 17.0. The quantitative estimate of drug-likeness (QED) is 0.244. The lowest BCUT2D eigenvalue weighted by Crippen LogP contribution is -2.37.